The lowest BCUT2D eigenvalue weighted by molar-refractivity contribution is 0.210. The second-order valence-corrected chi connectivity index (χ2v) is 6.25. The van der Waals surface area contributed by atoms with Gasteiger partial charge in [-0.25, -0.2) is 0 Å². The van der Waals surface area contributed by atoms with Crippen molar-refractivity contribution in [1.82, 2.24) is 0 Å². The summed E-state index contributed by atoms with van der Waals surface area (Å²) >= 11 is 3.47. The molecule has 0 aliphatic rings. The van der Waals surface area contributed by atoms with Gasteiger partial charge in [0.15, 0.2) is 0 Å². The largest absolute Gasteiger partial charge is 0.493 e. The Morgan fingerprint density at radius 2 is 1.71 bits per heavy atom. The van der Waals surface area contributed by atoms with E-state index >= 15 is 0 Å². The normalized spacial score (nSPS) is 12.3. The highest BCUT2D eigenvalue weighted by molar-refractivity contribution is 9.10. The predicted octanol–water partition coefficient (Wildman–Crippen LogP) is 4.85. The van der Waals surface area contributed by atoms with E-state index in [1.54, 1.807) is 0 Å². The Bertz CT molecular complexity index is 627. The number of halogens is 1. The third-order valence-electron chi connectivity index (χ3n) is 3.58. The van der Waals surface area contributed by atoms with Gasteiger partial charge in [-0.2, -0.15) is 0 Å². The van der Waals surface area contributed by atoms with Crippen LogP contribution in [0, 0.1) is 20.8 Å². The topological polar surface area (TPSA) is 29.5 Å². The number of ether oxygens (including phenoxy) is 1. The van der Waals surface area contributed by atoms with E-state index in [-0.39, 0.29) is 0 Å². The summed E-state index contributed by atoms with van der Waals surface area (Å²) in [6, 6.07) is 9.95. The van der Waals surface area contributed by atoms with Crippen molar-refractivity contribution < 1.29 is 9.84 Å². The first kappa shape index (κ1) is 16.1. The summed E-state index contributed by atoms with van der Waals surface area (Å²) < 4.78 is 6.59. The molecule has 0 heterocycles. The van der Waals surface area contributed by atoms with Crippen molar-refractivity contribution in [2.24, 2.45) is 0 Å². The van der Waals surface area contributed by atoms with E-state index in [1.807, 2.05) is 39.0 Å². The van der Waals surface area contributed by atoms with Crippen LogP contribution in [0.15, 0.2) is 34.8 Å². The minimum absolute atomic E-state index is 0.577. The molecule has 0 aromatic heterocycles. The number of rotatable bonds is 4. The Balaban J connectivity index is 2.54. The van der Waals surface area contributed by atoms with Crippen LogP contribution in [0.3, 0.4) is 0 Å². The van der Waals surface area contributed by atoms with Crippen molar-refractivity contribution in [2.45, 2.75) is 33.8 Å². The van der Waals surface area contributed by atoms with E-state index in [2.05, 4.69) is 35.0 Å². The Kier molecular flexibility index (Phi) is 5.07. The molecule has 0 bridgehead atoms. The van der Waals surface area contributed by atoms with Crippen LogP contribution in [-0.2, 0) is 0 Å². The maximum Gasteiger partial charge on any atom is 0.125 e. The molecule has 0 fully saturated rings. The molecule has 1 atom stereocenters. The van der Waals surface area contributed by atoms with Gasteiger partial charge in [0.2, 0.25) is 0 Å². The van der Waals surface area contributed by atoms with Gasteiger partial charge in [-0.3, -0.25) is 0 Å². The molecule has 2 aromatic rings. The fraction of sp³-hybridized carbons (Fsp3) is 0.333. The SMILES string of the molecule is CCOc1ccc(Br)cc1C(O)c1c(C)cc(C)cc1C. The molecule has 0 aliphatic carbocycles. The predicted molar refractivity (Wildman–Crippen MR) is 90.0 cm³/mol. The van der Waals surface area contributed by atoms with Gasteiger partial charge in [-0.05, 0) is 62.6 Å². The van der Waals surface area contributed by atoms with Crippen LogP contribution in [0.1, 0.15) is 40.8 Å². The van der Waals surface area contributed by atoms with E-state index in [4.69, 9.17) is 4.74 Å². The average Bonchev–Trinajstić information content (AvgIpc) is 2.39. The monoisotopic (exact) mass is 348 g/mol. The fourth-order valence-electron chi connectivity index (χ4n) is 2.80. The Morgan fingerprint density at radius 1 is 1.10 bits per heavy atom. The summed E-state index contributed by atoms with van der Waals surface area (Å²) in [4.78, 5) is 0. The first-order chi connectivity index (χ1) is 9.93. The first-order valence-electron chi connectivity index (χ1n) is 7.12. The maximum atomic E-state index is 10.9. The number of benzene rings is 2. The van der Waals surface area contributed by atoms with Crippen molar-refractivity contribution in [2.75, 3.05) is 6.61 Å². The van der Waals surface area contributed by atoms with Crippen molar-refractivity contribution in [3.05, 3.63) is 62.6 Å². The highest BCUT2D eigenvalue weighted by atomic mass is 79.9. The quantitative estimate of drug-likeness (QED) is 0.855. The lowest BCUT2D eigenvalue weighted by Crippen LogP contribution is -2.08. The fourth-order valence-corrected chi connectivity index (χ4v) is 3.18. The molecule has 2 aromatic carbocycles. The number of aliphatic hydroxyl groups excluding tert-OH is 1. The summed E-state index contributed by atoms with van der Waals surface area (Å²) in [5.41, 5.74) is 5.16. The van der Waals surface area contributed by atoms with Gasteiger partial charge >= 0.3 is 0 Å². The third-order valence-corrected chi connectivity index (χ3v) is 4.07. The Hall–Kier alpha value is -1.32. The van der Waals surface area contributed by atoms with Crippen molar-refractivity contribution in [3.8, 4) is 5.75 Å². The molecule has 1 unspecified atom stereocenters. The van der Waals surface area contributed by atoms with Crippen LogP contribution in [0.4, 0.5) is 0 Å². The average molecular weight is 349 g/mol. The van der Waals surface area contributed by atoms with Crippen LogP contribution in [0.2, 0.25) is 0 Å². The number of aryl methyl sites for hydroxylation is 3. The minimum Gasteiger partial charge on any atom is -0.493 e. The molecule has 0 spiro atoms. The van der Waals surface area contributed by atoms with E-state index in [1.165, 1.54) is 5.56 Å². The van der Waals surface area contributed by atoms with Gasteiger partial charge in [0, 0.05) is 10.0 Å². The van der Waals surface area contributed by atoms with Gasteiger partial charge in [0.05, 0.1) is 6.61 Å². The lowest BCUT2D eigenvalue weighted by Gasteiger charge is -2.20. The molecule has 3 heteroatoms. The summed E-state index contributed by atoms with van der Waals surface area (Å²) in [5, 5.41) is 10.9. The summed E-state index contributed by atoms with van der Waals surface area (Å²) in [6.45, 7) is 8.67. The molecule has 112 valence electrons. The van der Waals surface area contributed by atoms with Crippen molar-refractivity contribution in [3.63, 3.8) is 0 Å². The molecule has 2 nitrogen and oxygen atoms in total. The second-order valence-electron chi connectivity index (χ2n) is 5.33. The summed E-state index contributed by atoms with van der Waals surface area (Å²) in [5.74, 6) is 0.729. The smallest absolute Gasteiger partial charge is 0.125 e. The van der Waals surface area contributed by atoms with Gasteiger partial charge in [-0.15, -0.1) is 0 Å². The van der Waals surface area contributed by atoms with E-state index < -0.39 is 6.10 Å². The summed E-state index contributed by atoms with van der Waals surface area (Å²) in [7, 11) is 0. The molecular formula is C18H21BrO2. The molecule has 0 saturated heterocycles. The van der Waals surface area contributed by atoms with Gasteiger partial charge in [0.1, 0.15) is 11.9 Å². The molecular weight excluding hydrogens is 328 g/mol. The number of hydrogen-bond donors (Lipinski definition) is 1. The zero-order chi connectivity index (χ0) is 15.6. The Morgan fingerprint density at radius 3 is 2.29 bits per heavy atom. The van der Waals surface area contributed by atoms with Crippen molar-refractivity contribution >= 4 is 15.9 Å². The highest BCUT2D eigenvalue weighted by Crippen LogP contribution is 2.35. The molecule has 2 rings (SSSR count). The molecule has 0 saturated carbocycles. The van der Waals surface area contributed by atoms with Crippen LogP contribution in [0.5, 0.6) is 5.75 Å². The molecule has 0 aliphatic heterocycles. The highest BCUT2D eigenvalue weighted by Gasteiger charge is 2.20. The molecule has 1 N–H and O–H groups in total. The zero-order valence-corrected chi connectivity index (χ0v) is 14.5. The van der Waals surface area contributed by atoms with E-state index in [0.29, 0.717) is 6.61 Å². The molecule has 21 heavy (non-hydrogen) atoms. The first-order valence-corrected chi connectivity index (χ1v) is 7.91. The summed E-state index contributed by atoms with van der Waals surface area (Å²) in [6.07, 6.45) is -0.690. The van der Waals surface area contributed by atoms with Gasteiger partial charge in [-0.1, -0.05) is 33.6 Å². The zero-order valence-electron chi connectivity index (χ0n) is 12.9. The minimum atomic E-state index is -0.690. The van der Waals surface area contributed by atoms with Crippen LogP contribution in [0.25, 0.3) is 0 Å². The Labute approximate surface area is 134 Å². The van der Waals surface area contributed by atoms with E-state index in [9.17, 15) is 5.11 Å². The van der Waals surface area contributed by atoms with Gasteiger partial charge in [0.25, 0.3) is 0 Å². The standard InChI is InChI=1S/C18H21BrO2/c1-5-21-16-7-6-14(19)10-15(16)18(20)17-12(3)8-11(2)9-13(17)4/h6-10,18,20H,5H2,1-4H3. The van der Waals surface area contributed by atoms with E-state index in [0.717, 1.165) is 32.5 Å². The third kappa shape index (κ3) is 3.47. The van der Waals surface area contributed by atoms with Crippen LogP contribution in [-0.4, -0.2) is 11.7 Å². The van der Waals surface area contributed by atoms with Crippen LogP contribution >= 0.6 is 15.9 Å². The lowest BCUT2D eigenvalue weighted by atomic mass is 9.91. The second kappa shape index (κ2) is 6.63. The van der Waals surface area contributed by atoms with Gasteiger partial charge < -0.3 is 9.84 Å². The number of hydrogen-bond acceptors (Lipinski definition) is 2. The number of aliphatic hydroxyl groups is 1. The maximum absolute atomic E-state index is 10.9. The molecule has 0 amide bonds. The van der Waals surface area contributed by atoms with Crippen molar-refractivity contribution in [1.29, 1.82) is 0 Å². The van der Waals surface area contributed by atoms with Crippen LogP contribution < -0.4 is 4.74 Å². The molecule has 0 radical (unpaired) electrons.